The van der Waals surface area contributed by atoms with Gasteiger partial charge < -0.3 is 9.80 Å². The number of hydrogen-bond acceptors (Lipinski definition) is 3. The Morgan fingerprint density at radius 3 is 2.52 bits per heavy atom. The van der Waals surface area contributed by atoms with E-state index in [2.05, 4.69) is 34.3 Å². The van der Waals surface area contributed by atoms with Gasteiger partial charge >= 0.3 is 0 Å². The topological polar surface area (TPSA) is 40.8 Å². The average molecular weight is 308 g/mol. The summed E-state index contributed by atoms with van der Waals surface area (Å²) < 4.78 is 1.72. The number of nitrogens with zero attached hydrogens (tertiary/aromatic N) is 4. The van der Waals surface area contributed by atoms with Gasteiger partial charge in [0.05, 0.1) is 17.3 Å². The predicted octanol–water partition coefficient (Wildman–Crippen LogP) is 2.67. The van der Waals surface area contributed by atoms with Gasteiger partial charge in [-0.05, 0) is 29.8 Å². The van der Waals surface area contributed by atoms with Crippen LogP contribution in [0.25, 0.3) is 5.52 Å². The van der Waals surface area contributed by atoms with Gasteiger partial charge in [0.15, 0.2) is 0 Å². The Morgan fingerprint density at radius 1 is 1.09 bits per heavy atom. The largest absolute Gasteiger partial charge is 0.378 e. The second-order valence-corrected chi connectivity index (χ2v) is 5.81. The molecule has 0 aliphatic rings. The van der Waals surface area contributed by atoms with Gasteiger partial charge in [0.2, 0.25) is 0 Å². The lowest BCUT2D eigenvalue weighted by atomic mass is 10.1. The third-order valence-corrected chi connectivity index (χ3v) is 3.88. The van der Waals surface area contributed by atoms with Crippen LogP contribution in [0.15, 0.2) is 54.9 Å². The standard InChI is InChI=1S/C18H20N4O/c1-20(2)15-9-7-14(8-10-15)13-21(3)18(23)16-12-19-22-11-5-4-6-17(16)22/h4-12H,13H2,1-3H3. The van der Waals surface area contributed by atoms with Crippen LogP contribution in [0, 0.1) is 0 Å². The minimum atomic E-state index is -0.0251. The van der Waals surface area contributed by atoms with Crippen LogP contribution in [0.3, 0.4) is 0 Å². The van der Waals surface area contributed by atoms with Crippen molar-refractivity contribution in [1.29, 1.82) is 0 Å². The van der Waals surface area contributed by atoms with Crippen molar-refractivity contribution in [3.05, 3.63) is 66.0 Å². The van der Waals surface area contributed by atoms with Crippen molar-refractivity contribution in [3.8, 4) is 0 Å². The smallest absolute Gasteiger partial charge is 0.257 e. The lowest BCUT2D eigenvalue weighted by Crippen LogP contribution is -2.26. The molecule has 0 atom stereocenters. The normalized spacial score (nSPS) is 10.7. The number of rotatable bonds is 4. The minimum Gasteiger partial charge on any atom is -0.378 e. The number of benzene rings is 1. The first-order valence-electron chi connectivity index (χ1n) is 7.50. The van der Waals surface area contributed by atoms with E-state index in [4.69, 9.17) is 0 Å². The molecule has 0 saturated carbocycles. The van der Waals surface area contributed by atoms with Crippen LogP contribution < -0.4 is 4.90 Å². The van der Waals surface area contributed by atoms with Crippen LogP contribution in [-0.4, -0.2) is 41.6 Å². The Kier molecular flexibility index (Phi) is 4.02. The molecule has 0 saturated heterocycles. The molecule has 0 spiro atoms. The summed E-state index contributed by atoms with van der Waals surface area (Å²) >= 11 is 0. The SMILES string of the molecule is CN(Cc1ccc(N(C)C)cc1)C(=O)c1cnn2ccccc12. The van der Waals surface area contributed by atoms with Crippen LogP contribution in [0.2, 0.25) is 0 Å². The van der Waals surface area contributed by atoms with E-state index in [1.54, 1.807) is 15.6 Å². The van der Waals surface area contributed by atoms with Gasteiger partial charge in [0.1, 0.15) is 0 Å². The van der Waals surface area contributed by atoms with Crippen LogP contribution in [0.4, 0.5) is 5.69 Å². The second-order valence-electron chi connectivity index (χ2n) is 5.81. The molecule has 0 aliphatic carbocycles. The molecule has 5 heteroatoms. The van der Waals surface area contributed by atoms with Crippen molar-refractivity contribution in [2.24, 2.45) is 0 Å². The molecule has 0 radical (unpaired) electrons. The van der Waals surface area contributed by atoms with Gasteiger partial charge in [-0.1, -0.05) is 18.2 Å². The fourth-order valence-corrected chi connectivity index (χ4v) is 2.55. The molecule has 0 unspecified atom stereocenters. The summed E-state index contributed by atoms with van der Waals surface area (Å²) in [6.45, 7) is 0.566. The zero-order valence-corrected chi connectivity index (χ0v) is 13.6. The number of pyridine rings is 1. The van der Waals surface area contributed by atoms with E-state index in [-0.39, 0.29) is 5.91 Å². The Balaban J connectivity index is 1.77. The highest BCUT2D eigenvalue weighted by Gasteiger charge is 2.16. The van der Waals surface area contributed by atoms with E-state index in [1.807, 2.05) is 45.5 Å². The molecule has 0 N–H and O–H groups in total. The van der Waals surface area contributed by atoms with Crippen molar-refractivity contribution >= 4 is 17.1 Å². The molecule has 1 amide bonds. The Bertz CT molecular complexity index is 820. The summed E-state index contributed by atoms with van der Waals surface area (Å²) in [5, 5.41) is 4.22. The van der Waals surface area contributed by atoms with Crippen LogP contribution in [-0.2, 0) is 6.54 Å². The molecule has 3 rings (SSSR count). The number of aromatic nitrogens is 2. The predicted molar refractivity (Wildman–Crippen MR) is 91.8 cm³/mol. The second kappa shape index (κ2) is 6.12. The summed E-state index contributed by atoms with van der Waals surface area (Å²) in [5.41, 5.74) is 3.69. The first kappa shape index (κ1) is 15.1. The zero-order chi connectivity index (χ0) is 16.4. The lowest BCUT2D eigenvalue weighted by molar-refractivity contribution is 0.0787. The molecule has 2 aromatic heterocycles. The summed E-state index contributed by atoms with van der Waals surface area (Å²) in [6, 6.07) is 13.9. The fraction of sp³-hybridized carbons (Fsp3) is 0.222. The zero-order valence-electron chi connectivity index (χ0n) is 13.6. The monoisotopic (exact) mass is 308 g/mol. The van der Waals surface area contributed by atoms with Gasteiger partial charge in [-0.15, -0.1) is 0 Å². The Morgan fingerprint density at radius 2 is 1.83 bits per heavy atom. The maximum atomic E-state index is 12.7. The summed E-state index contributed by atoms with van der Waals surface area (Å²) in [5.74, 6) is -0.0251. The van der Waals surface area contributed by atoms with Crippen molar-refractivity contribution in [2.75, 3.05) is 26.0 Å². The Hall–Kier alpha value is -2.82. The van der Waals surface area contributed by atoms with E-state index in [1.165, 1.54) is 0 Å². The van der Waals surface area contributed by atoms with E-state index in [0.717, 1.165) is 16.8 Å². The van der Waals surface area contributed by atoms with E-state index in [0.29, 0.717) is 12.1 Å². The van der Waals surface area contributed by atoms with Crippen LogP contribution >= 0.6 is 0 Å². The molecule has 0 bridgehead atoms. The number of fused-ring (bicyclic) bond motifs is 1. The lowest BCUT2D eigenvalue weighted by Gasteiger charge is -2.18. The highest BCUT2D eigenvalue weighted by atomic mass is 16.2. The molecule has 1 aromatic carbocycles. The van der Waals surface area contributed by atoms with Gasteiger partial charge in [-0.2, -0.15) is 5.10 Å². The molecule has 5 nitrogen and oxygen atoms in total. The molecule has 3 aromatic rings. The molecule has 2 heterocycles. The number of hydrogen-bond donors (Lipinski definition) is 0. The van der Waals surface area contributed by atoms with E-state index < -0.39 is 0 Å². The third-order valence-electron chi connectivity index (χ3n) is 3.88. The van der Waals surface area contributed by atoms with Gasteiger partial charge in [0.25, 0.3) is 5.91 Å². The van der Waals surface area contributed by atoms with E-state index >= 15 is 0 Å². The molecular formula is C18H20N4O. The van der Waals surface area contributed by atoms with E-state index in [9.17, 15) is 4.79 Å². The van der Waals surface area contributed by atoms with Gasteiger partial charge in [-0.25, -0.2) is 4.52 Å². The summed E-state index contributed by atoms with van der Waals surface area (Å²) in [7, 11) is 5.83. The maximum Gasteiger partial charge on any atom is 0.257 e. The van der Waals surface area contributed by atoms with Crippen LogP contribution in [0.1, 0.15) is 15.9 Å². The number of carbonyl (C=O) groups excluding carboxylic acids is 1. The van der Waals surface area contributed by atoms with Crippen molar-refractivity contribution in [3.63, 3.8) is 0 Å². The molecule has 0 fully saturated rings. The number of amides is 1. The van der Waals surface area contributed by atoms with Gasteiger partial charge in [-0.3, -0.25) is 4.79 Å². The Labute approximate surface area is 135 Å². The minimum absolute atomic E-state index is 0.0251. The maximum absolute atomic E-state index is 12.7. The fourth-order valence-electron chi connectivity index (χ4n) is 2.55. The van der Waals surface area contributed by atoms with Crippen molar-refractivity contribution < 1.29 is 4.79 Å². The number of anilines is 1. The van der Waals surface area contributed by atoms with Crippen molar-refractivity contribution in [2.45, 2.75) is 6.54 Å². The quantitative estimate of drug-likeness (QED) is 0.744. The first-order chi connectivity index (χ1) is 11.1. The van der Waals surface area contributed by atoms with Crippen LogP contribution in [0.5, 0.6) is 0 Å². The first-order valence-corrected chi connectivity index (χ1v) is 7.50. The highest BCUT2D eigenvalue weighted by Crippen LogP contribution is 2.16. The molecule has 0 aliphatic heterocycles. The highest BCUT2D eigenvalue weighted by molar-refractivity contribution is 6.00. The average Bonchev–Trinajstić information content (AvgIpc) is 2.98. The molecule has 118 valence electrons. The summed E-state index contributed by atoms with van der Waals surface area (Å²) in [4.78, 5) is 16.4. The third kappa shape index (κ3) is 3.04. The van der Waals surface area contributed by atoms with Gasteiger partial charge in [0, 0.05) is 39.6 Å². The summed E-state index contributed by atoms with van der Waals surface area (Å²) in [6.07, 6.45) is 3.47. The van der Waals surface area contributed by atoms with Crippen molar-refractivity contribution in [1.82, 2.24) is 14.5 Å². The molecular weight excluding hydrogens is 288 g/mol. The molecule has 23 heavy (non-hydrogen) atoms. The number of carbonyl (C=O) groups is 1.